The lowest BCUT2D eigenvalue weighted by Crippen LogP contribution is -2.30. The number of hydrogen-bond donors (Lipinski definition) is 2. The minimum Gasteiger partial charge on any atom is -0.481 e. The number of carbonyl (C=O) groups excluding carboxylic acids is 1. The molecule has 0 spiro atoms. The van der Waals surface area contributed by atoms with E-state index in [0.29, 0.717) is 36.0 Å². The number of ketones is 1. The van der Waals surface area contributed by atoms with Crippen molar-refractivity contribution in [2.45, 2.75) is 110 Å². The molecule has 2 N–H and O–H groups in total. The van der Waals surface area contributed by atoms with Gasteiger partial charge in [-0.1, -0.05) is 58.9 Å². The van der Waals surface area contributed by atoms with E-state index in [2.05, 4.69) is 20.8 Å². The van der Waals surface area contributed by atoms with Crippen LogP contribution in [-0.2, 0) is 9.59 Å². The number of ether oxygens (including phenoxy) is 2. The summed E-state index contributed by atoms with van der Waals surface area (Å²) in [5.41, 5.74) is 0.986. The number of aliphatic carboxylic acids is 1. The van der Waals surface area contributed by atoms with E-state index in [0.717, 1.165) is 76.2 Å². The largest absolute Gasteiger partial charge is 0.481 e. The SMILES string of the molecule is CCCCC(CCCCO)C(=O)CC1CCC(CC(C)CCC)C(C(=O)O)[C@@H](c2ccc3c(c2)OCO3)C1. The van der Waals surface area contributed by atoms with Gasteiger partial charge in [0, 0.05) is 18.9 Å². The Morgan fingerprint density at radius 1 is 1.00 bits per heavy atom. The van der Waals surface area contributed by atoms with Crippen LogP contribution in [0.15, 0.2) is 18.2 Å². The first-order chi connectivity index (χ1) is 18.4. The highest BCUT2D eigenvalue weighted by atomic mass is 16.7. The van der Waals surface area contributed by atoms with E-state index in [1.54, 1.807) is 0 Å². The number of rotatable bonds is 16. The second-order valence-electron chi connectivity index (χ2n) is 11.9. The van der Waals surface area contributed by atoms with Gasteiger partial charge >= 0.3 is 5.97 Å². The Morgan fingerprint density at radius 3 is 2.47 bits per heavy atom. The van der Waals surface area contributed by atoms with E-state index in [4.69, 9.17) is 9.47 Å². The molecule has 3 rings (SSSR count). The molecule has 1 aliphatic heterocycles. The maximum Gasteiger partial charge on any atom is 0.307 e. The van der Waals surface area contributed by atoms with E-state index in [9.17, 15) is 19.8 Å². The molecule has 2 aliphatic rings. The minimum atomic E-state index is -0.724. The van der Waals surface area contributed by atoms with Crippen molar-refractivity contribution in [3.63, 3.8) is 0 Å². The number of aliphatic hydroxyl groups is 1. The minimum absolute atomic E-state index is 0.0457. The Hall–Kier alpha value is -2.08. The third-order valence-corrected chi connectivity index (χ3v) is 8.88. The topological polar surface area (TPSA) is 93.1 Å². The molecule has 38 heavy (non-hydrogen) atoms. The third kappa shape index (κ3) is 8.46. The summed E-state index contributed by atoms with van der Waals surface area (Å²) in [5, 5.41) is 19.8. The number of unbranched alkanes of at least 4 members (excludes halogenated alkanes) is 2. The number of hydrogen-bond acceptors (Lipinski definition) is 5. The van der Waals surface area contributed by atoms with Gasteiger partial charge in [-0.2, -0.15) is 0 Å². The standard InChI is InChI=1S/C32H50O6/c1-4-6-10-24(11-7-8-16-33)28(34)19-23-12-13-26(17-22(3)9-5-2)31(32(35)36)27(18-23)25-14-15-29-30(20-25)38-21-37-29/h14-15,20,22-24,26-27,31,33H,4-13,16-19,21H2,1-3H3,(H,35,36)/t22?,23?,24?,26?,27-,31?/m1/s1. The smallest absolute Gasteiger partial charge is 0.307 e. The lowest BCUT2D eigenvalue weighted by Gasteiger charge is -2.31. The maximum absolute atomic E-state index is 13.6. The van der Waals surface area contributed by atoms with Crippen LogP contribution < -0.4 is 9.47 Å². The Balaban J connectivity index is 1.85. The van der Waals surface area contributed by atoms with Gasteiger partial charge in [0.15, 0.2) is 11.5 Å². The zero-order valence-electron chi connectivity index (χ0n) is 23.8. The van der Waals surface area contributed by atoms with Gasteiger partial charge in [-0.3, -0.25) is 9.59 Å². The number of carbonyl (C=O) groups is 2. The van der Waals surface area contributed by atoms with Gasteiger partial charge in [-0.25, -0.2) is 0 Å². The predicted molar refractivity (Wildman–Crippen MR) is 150 cm³/mol. The van der Waals surface area contributed by atoms with E-state index in [-0.39, 0.29) is 37.1 Å². The molecular formula is C32H50O6. The Morgan fingerprint density at radius 2 is 1.76 bits per heavy atom. The van der Waals surface area contributed by atoms with Crippen molar-refractivity contribution in [2.75, 3.05) is 13.4 Å². The molecule has 1 heterocycles. The summed E-state index contributed by atoms with van der Waals surface area (Å²) >= 11 is 0. The van der Waals surface area contributed by atoms with Crippen LogP contribution in [0.4, 0.5) is 0 Å². The van der Waals surface area contributed by atoms with Gasteiger partial charge in [0.2, 0.25) is 6.79 Å². The monoisotopic (exact) mass is 530 g/mol. The summed E-state index contributed by atoms with van der Waals surface area (Å²) in [6, 6.07) is 5.88. The summed E-state index contributed by atoms with van der Waals surface area (Å²) in [4.78, 5) is 26.4. The van der Waals surface area contributed by atoms with Gasteiger partial charge in [-0.05, 0) is 86.3 Å². The van der Waals surface area contributed by atoms with Crippen molar-refractivity contribution in [2.24, 2.45) is 29.6 Å². The van der Waals surface area contributed by atoms with E-state index in [1.165, 1.54) is 0 Å². The normalized spacial score (nSPS) is 24.5. The van der Waals surface area contributed by atoms with Crippen molar-refractivity contribution < 1.29 is 29.3 Å². The summed E-state index contributed by atoms with van der Waals surface area (Å²) in [6.07, 6.45) is 11.6. The first kappa shape index (κ1) is 30.5. The van der Waals surface area contributed by atoms with Crippen molar-refractivity contribution >= 4 is 11.8 Å². The van der Waals surface area contributed by atoms with Crippen molar-refractivity contribution in [1.29, 1.82) is 0 Å². The molecule has 6 nitrogen and oxygen atoms in total. The van der Waals surface area contributed by atoms with Crippen molar-refractivity contribution in [1.82, 2.24) is 0 Å². The lowest BCUT2D eigenvalue weighted by molar-refractivity contribution is -0.145. The highest BCUT2D eigenvalue weighted by molar-refractivity contribution is 5.81. The first-order valence-electron chi connectivity index (χ1n) is 15.1. The van der Waals surface area contributed by atoms with Gasteiger partial charge in [-0.15, -0.1) is 0 Å². The Bertz CT molecular complexity index is 883. The highest BCUT2D eigenvalue weighted by Crippen LogP contribution is 2.47. The van der Waals surface area contributed by atoms with E-state index < -0.39 is 11.9 Å². The second kappa shape index (κ2) is 15.5. The van der Waals surface area contributed by atoms with E-state index >= 15 is 0 Å². The Labute approximate surface area is 229 Å². The summed E-state index contributed by atoms with van der Waals surface area (Å²) < 4.78 is 11.2. The molecule has 1 aromatic rings. The van der Waals surface area contributed by atoms with Crippen LogP contribution in [0.3, 0.4) is 0 Å². The van der Waals surface area contributed by atoms with Crippen LogP contribution in [0.25, 0.3) is 0 Å². The molecule has 5 unspecified atom stereocenters. The van der Waals surface area contributed by atoms with Crippen molar-refractivity contribution in [3.8, 4) is 11.5 Å². The van der Waals surface area contributed by atoms with Crippen LogP contribution in [0, 0.1) is 29.6 Å². The number of benzene rings is 1. The molecule has 1 aromatic carbocycles. The fourth-order valence-corrected chi connectivity index (χ4v) is 6.89. The van der Waals surface area contributed by atoms with E-state index in [1.807, 2.05) is 18.2 Å². The van der Waals surface area contributed by atoms with Crippen LogP contribution in [-0.4, -0.2) is 35.4 Å². The molecule has 0 saturated heterocycles. The van der Waals surface area contributed by atoms with Gasteiger partial charge in [0.25, 0.3) is 0 Å². The predicted octanol–water partition coefficient (Wildman–Crippen LogP) is 7.37. The first-order valence-corrected chi connectivity index (χ1v) is 15.1. The van der Waals surface area contributed by atoms with Crippen LogP contribution in [0.2, 0.25) is 0 Å². The quantitative estimate of drug-likeness (QED) is 0.171. The van der Waals surface area contributed by atoms with Gasteiger partial charge in [0.05, 0.1) is 5.92 Å². The van der Waals surface area contributed by atoms with Gasteiger partial charge in [0.1, 0.15) is 5.78 Å². The average Bonchev–Trinajstić information content (AvgIpc) is 3.28. The second-order valence-corrected chi connectivity index (χ2v) is 11.9. The molecule has 0 radical (unpaired) electrons. The fraction of sp³-hybridized carbons (Fsp3) is 0.750. The lowest BCUT2D eigenvalue weighted by atomic mass is 9.73. The zero-order valence-corrected chi connectivity index (χ0v) is 23.8. The van der Waals surface area contributed by atoms with Gasteiger partial charge < -0.3 is 19.7 Å². The molecule has 1 aliphatic carbocycles. The average molecular weight is 531 g/mol. The highest BCUT2D eigenvalue weighted by Gasteiger charge is 2.41. The molecule has 6 atom stereocenters. The molecule has 0 aromatic heterocycles. The van der Waals surface area contributed by atoms with Crippen LogP contribution in [0.1, 0.15) is 116 Å². The van der Waals surface area contributed by atoms with Crippen LogP contribution >= 0.6 is 0 Å². The molecule has 1 saturated carbocycles. The molecule has 0 bridgehead atoms. The third-order valence-electron chi connectivity index (χ3n) is 8.88. The fourth-order valence-electron chi connectivity index (χ4n) is 6.89. The molecular weight excluding hydrogens is 480 g/mol. The molecule has 0 amide bonds. The summed E-state index contributed by atoms with van der Waals surface area (Å²) in [5.74, 6) is 1.14. The van der Waals surface area contributed by atoms with Crippen molar-refractivity contribution in [3.05, 3.63) is 23.8 Å². The number of Topliss-reactive ketones (excluding diaryl/α,β-unsaturated/α-hetero) is 1. The van der Waals surface area contributed by atoms with Crippen LogP contribution in [0.5, 0.6) is 11.5 Å². The number of aliphatic hydroxyl groups excluding tert-OH is 1. The molecule has 6 heteroatoms. The maximum atomic E-state index is 13.6. The number of carboxylic acid groups (broad SMARTS) is 1. The summed E-state index contributed by atoms with van der Waals surface area (Å²) in [6.45, 7) is 6.94. The molecule has 1 fully saturated rings. The number of fused-ring (bicyclic) bond motifs is 1. The Kier molecular flexibility index (Phi) is 12.4. The molecule has 214 valence electrons. The number of carboxylic acids is 1. The summed E-state index contributed by atoms with van der Waals surface area (Å²) in [7, 11) is 0. The zero-order chi connectivity index (χ0) is 27.5.